The van der Waals surface area contributed by atoms with E-state index in [-0.39, 0.29) is 6.10 Å². The number of ether oxygens (including phenoxy) is 1. The molecule has 4 nitrogen and oxygen atoms in total. The zero-order chi connectivity index (χ0) is 13.4. The van der Waals surface area contributed by atoms with Gasteiger partial charge in [0.05, 0.1) is 24.5 Å². The molecule has 4 heteroatoms. The summed E-state index contributed by atoms with van der Waals surface area (Å²) in [5.41, 5.74) is 3.65. The van der Waals surface area contributed by atoms with Crippen LogP contribution in [0.25, 0.3) is 0 Å². The monoisotopic (exact) mass is 257 g/mol. The number of hydrogen-bond donors (Lipinski definition) is 0. The molecule has 100 valence electrons. The molecule has 0 unspecified atom stereocenters. The van der Waals surface area contributed by atoms with Crippen LogP contribution in [0, 0.1) is 6.92 Å². The average molecular weight is 257 g/mol. The maximum atomic E-state index is 5.90. The van der Waals surface area contributed by atoms with Crippen LogP contribution in [-0.2, 0) is 13.6 Å². The van der Waals surface area contributed by atoms with Gasteiger partial charge in [-0.2, -0.15) is 5.10 Å². The van der Waals surface area contributed by atoms with Crippen molar-refractivity contribution in [1.82, 2.24) is 9.78 Å². The second-order valence-corrected chi connectivity index (χ2v) is 5.23. The van der Waals surface area contributed by atoms with Crippen LogP contribution in [0.2, 0.25) is 0 Å². The van der Waals surface area contributed by atoms with Crippen molar-refractivity contribution in [2.24, 2.45) is 7.05 Å². The molecule has 1 aromatic carbocycles. The maximum Gasteiger partial charge on any atom is 0.143 e. The van der Waals surface area contributed by atoms with Crippen molar-refractivity contribution in [2.45, 2.75) is 26.5 Å². The molecule has 0 saturated carbocycles. The van der Waals surface area contributed by atoms with Gasteiger partial charge in [-0.05, 0) is 37.6 Å². The Balaban J connectivity index is 1.94. The third-order valence-corrected chi connectivity index (χ3v) is 3.54. The molecule has 0 radical (unpaired) electrons. The van der Waals surface area contributed by atoms with E-state index in [0.29, 0.717) is 0 Å². The molecule has 0 spiro atoms. The van der Waals surface area contributed by atoms with Gasteiger partial charge in [0.25, 0.3) is 0 Å². The fraction of sp³-hybridized carbons (Fsp3) is 0.400. The van der Waals surface area contributed by atoms with E-state index < -0.39 is 0 Å². The minimum atomic E-state index is 0.212. The highest BCUT2D eigenvalue weighted by Gasteiger charge is 2.23. The van der Waals surface area contributed by atoms with Crippen molar-refractivity contribution < 1.29 is 4.74 Å². The first-order valence-electron chi connectivity index (χ1n) is 6.62. The molecule has 2 heterocycles. The smallest absolute Gasteiger partial charge is 0.143 e. The largest absolute Gasteiger partial charge is 0.487 e. The van der Waals surface area contributed by atoms with Crippen molar-refractivity contribution in [1.29, 1.82) is 0 Å². The lowest BCUT2D eigenvalue weighted by Gasteiger charge is -2.35. The lowest BCUT2D eigenvalue weighted by Crippen LogP contribution is -2.38. The van der Waals surface area contributed by atoms with Crippen LogP contribution in [0.4, 0.5) is 5.69 Å². The molecule has 0 bridgehead atoms. The number of nitrogens with zero attached hydrogens (tertiary/aromatic N) is 3. The van der Waals surface area contributed by atoms with Gasteiger partial charge < -0.3 is 9.64 Å². The fourth-order valence-electron chi connectivity index (χ4n) is 2.54. The topological polar surface area (TPSA) is 30.3 Å². The Morgan fingerprint density at radius 1 is 1.37 bits per heavy atom. The predicted octanol–water partition coefficient (Wildman–Crippen LogP) is 2.52. The minimum absolute atomic E-state index is 0.212. The Bertz CT molecular complexity index is 591. The van der Waals surface area contributed by atoms with Gasteiger partial charge >= 0.3 is 0 Å². The summed E-state index contributed by atoms with van der Waals surface area (Å²) < 4.78 is 7.83. The highest BCUT2D eigenvalue weighted by atomic mass is 16.5. The summed E-state index contributed by atoms with van der Waals surface area (Å²) in [6.07, 6.45) is 2.06. The van der Waals surface area contributed by atoms with E-state index in [9.17, 15) is 0 Å². The van der Waals surface area contributed by atoms with Crippen molar-refractivity contribution in [3.05, 3.63) is 41.7 Å². The highest BCUT2D eigenvalue weighted by Crippen LogP contribution is 2.34. The Morgan fingerprint density at radius 2 is 2.21 bits per heavy atom. The summed E-state index contributed by atoms with van der Waals surface area (Å²) in [6, 6.07) is 8.42. The molecule has 0 fully saturated rings. The zero-order valence-electron chi connectivity index (χ0n) is 11.6. The Labute approximate surface area is 113 Å². The Kier molecular flexibility index (Phi) is 2.93. The van der Waals surface area contributed by atoms with Crippen molar-refractivity contribution in [2.75, 3.05) is 11.4 Å². The standard InChI is InChI=1S/C15H19N3O/c1-11-4-5-15-14(8-11)18(9-12(2)19-15)10-13-6-7-16-17(13)3/h4-8,12H,9-10H2,1-3H3/t12-/m0/s1. The normalized spacial score (nSPS) is 18.1. The van der Waals surface area contributed by atoms with Gasteiger partial charge in [0, 0.05) is 13.2 Å². The minimum Gasteiger partial charge on any atom is -0.487 e. The van der Waals surface area contributed by atoms with Crippen molar-refractivity contribution >= 4 is 5.69 Å². The van der Waals surface area contributed by atoms with E-state index >= 15 is 0 Å². The highest BCUT2D eigenvalue weighted by molar-refractivity contribution is 5.61. The molecule has 0 saturated heterocycles. The molecule has 2 aromatic rings. The second-order valence-electron chi connectivity index (χ2n) is 5.23. The van der Waals surface area contributed by atoms with Crippen LogP contribution in [0.15, 0.2) is 30.5 Å². The fourth-order valence-corrected chi connectivity index (χ4v) is 2.54. The van der Waals surface area contributed by atoms with Gasteiger partial charge in [0.2, 0.25) is 0 Å². The summed E-state index contributed by atoms with van der Waals surface area (Å²) in [7, 11) is 1.98. The number of hydrogen-bond acceptors (Lipinski definition) is 3. The lowest BCUT2D eigenvalue weighted by molar-refractivity contribution is 0.211. The summed E-state index contributed by atoms with van der Waals surface area (Å²) in [5.74, 6) is 0.978. The molecule has 1 aromatic heterocycles. The number of anilines is 1. The van der Waals surface area contributed by atoms with Crippen LogP contribution in [-0.4, -0.2) is 22.4 Å². The SMILES string of the molecule is Cc1ccc2c(c1)N(Cc1ccnn1C)C[C@H](C)O2. The lowest BCUT2D eigenvalue weighted by atomic mass is 10.1. The third kappa shape index (κ3) is 2.30. The first-order chi connectivity index (χ1) is 9.13. The number of aryl methyl sites for hydroxylation is 2. The molecule has 1 aliphatic heterocycles. The van der Waals surface area contributed by atoms with Crippen LogP contribution >= 0.6 is 0 Å². The molecular formula is C15H19N3O. The number of benzene rings is 1. The van der Waals surface area contributed by atoms with E-state index in [2.05, 4.69) is 48.1 Å². The molecule has 1 aliphatic rings. The quantitative estimate of drug-likeness (QED) is 0.828. The Hall–Kier alpha value is -1.97. The zero-order valence-corrected chi connectivity index (χ0v) is 11.6. The molecule has 3 rings (SSSR count). The van der Waals surface area contributed by atoms with Crippen LogP contribution < -0.4 is 9.64 Å². The number of aromatic nitrogens is 2. The molecule has 0 N–H and O–H groups in total. The van der Waals surface area contributed by atoms with E-state index in [4.69, 9.17) is 4.74 Å². The molecule has 1 atom stereocenters. The number of fused-ring (bicyclic) bond motifs is 1. The first-order valence-corrected chi connectivity index (χ1v) is 6.62. The summed E-state index contributed by atoms with van der Waals surface area (Å²) in [6.45, 7) is 5.99. The maximum absolute atomic E-state index is 5.90. The number of rotatable bonds is 2. The molecule has 0 amide bonds. The van der Waals surface area contributed by atoms with E-state index in [1.807, 2.05) is 17.9 Å². The van der Waals surface area contributed by atoms with Gasteiger partial charge in [0.15, 0.2) is 0 Å². The van der Waals surface area contributed by atoms with Gasteiger partial charge in [-0.15, -0.1) is 0 Å². The molecule has 0 aliphatic carbocycles. The summed E-state index contributed by atoms with van der Waals surface area (Å²) >= 11 is 0. The van der Waals surface area contributed by atoms with E-state index in [0.717, 1.165) is 18.8 Å². The first kappa shape index (κ1) is 12.1. The van der Waals surface area contributed by atoms with Crippen LogP contribution in [0.5, 0.6) is 5.75 Å². The van der Waals surface area contributed by atoms with Crippen molar-refractivity contribution in [3.8, 4) is 5.75 Å². The van der Waals surface area contributed by atoms with Gasteiger partial charge in [-0.1, -0.05) is 6.07 Å². The van der Waals surface area contributed by atoms with Crippen LogP contribution in [0.1, 0.15) is 18.2 Å². The summed E-state index contributed by atoms with van der Waals surface area (Å²) in [4.78, 5) is 2.37. The predicted molar refractivity (Wildman–Crippen MR) is 75.5 cm³/mol. The average Bonchev–Trinajstić information content (AvgIpc) is 2.76. The van der Waals surface area contributed by atoms with Crippen molar-refractivity contribution in [3.63, 3.8) is 0 Å². The molecule has 19 heavy (non-hydrogen) atoms. The second kappa shape index (κ2) is 4.61. The molecular weight excluding hydrogens is 238 g/mol. The van der Waals surface area contributed by atoms with E-state index in [1.54, 1.807) is 0 Å². The van der Waals surface area contributed by atoms with Gasteiger partial charge in [-0.25, -0.2) is 0 Å². The van der Waals surface area contributed by atoms with Gasteiger partial charge in [-0.3, -0.25) is 4.68 Å². The third-order valence-electron chi connectivity index (χ3n) is 3.54. The van der Waals surface area contributed by atoms with Gasteiger partial charge in [0.1, 0.15) is 11.9 Å². The van der Waals surface area contributed by atoms with Crippen LogP contribution in [0.3, 0.4) is 0 Å². The Morgan fingerprint density at radius 3 is 2.95 bits per heavy atom. The summed E-state index contributed by atoms with van der Waals surface area (Å²) in [5, 5.41) is 4.23. The van der Waals surface area contributed by atoms with E-state index in [1.165, 1.54) is 16.9 Å².